The van der Waals surface area contributed by atoms with Crippen molar-refractivity contribution >= 4 is 11.6 Å². The van der Waals surface area contributed by atoms with Crippen LogP contribution in [0.4, 0.5) is 0 Å². The Morgan fingerprint density at radius 2 is 1.80 bits per heavy atom. The van der Waals surface area contributed by atoms with Gasteiger partial charge in [0.25, 0.3) is 0 Å². The SMILES string of the molecule is CC(C)(CCN1CCC(CO)CC1)c1ccc(Cl)cc1. The number of halogens is 1. The van der Waals surface area contributed by atoms with Crippen molar-refractivity contribution in [1.82, 2.24) is 4.90 Å². The number of hydrogen-bond acceptors (Lipinski definition) is 2. The molecule has 0 aromatic heterocycles. The van der Waals surface area contributed by atoms with Crippen molar-refractivity contribution in [1.29, 1.82) is 0 Å². The number of aliphatic hydroxyl groups is 1. The van der Waals surface area contributed by atoms with Gasteiger partial charge in [-0.25, -0.2) is 0 Å². The summed E-state index contributed by atoms with van der Waals surface area (Å²) in [6, 6.07) is 8.23. The standard InChI is InChI=1S/C17H26ClNO/c1-17(2,15-3-5-16(18)6-4-15)9-12-19-10-7-14(13-20)8-11-19/h3-6,14,20H,7-13H2,1-2H3. The van der Waals surface area contributed by atoms with Crippen LogP contribution in [0.3, 0.4) is 0 Å². The minimum atomic E-state index is 0.179. The van der Waals surface area contributed by atoms with E-state index in [0.717, 1.165) is 43.9 Å². The van der Waals surface area contributed by atoms with Crippen molar-refractivity contribution in [2.45, 2.75) is 38.5 Å². The summed E-state index contributed by atoms with van der Waals surface area (Å²) in [5.41, 5.74) is 1.53. The Balaban J connectivity index is 1.85. The van der Waals surface area contributed by atoms with Gasteiger partial charge in [0.05, 0.1) is 0 Å². The number of aliphatic hydroxyl groups excluding tert-OH is 1. The lowest BCUT2D eigenvalue weighted by atomic mass is 9.81. The third-order valence-corrected chi connectivity index (χ3v) is 4.90. The Kier molecular flexibility index (Phi) is 5.48. The molecule has 0 amide bonds. The molecule has 0 atom stereocenters. The molecule has 1 fully saturated rings. The molecule has 1 aliphatic heterocycles. The van der Waals surface area contributed by atoms with Crippen LogP contribution in [0.2, 0.25) is 5.02 Å². The van der Waals surface area contributed by atoms with Crippen LogP contribution in [0.15, 0.2) is 24.3 Å². The van der Waals surface area contributed by atoms with Crippen LogP contribution in [0.5, 0.6) is 0 Å². The van der Waals surface area contributed by atoms with Crippen molar-refractivity contribution in [3.05, 3.63) is 34.9 Å². The summed E-state index contributed by atoms with van der Waals surface area (Å²) in [7, 11) is 0. The Hall–Kier alpha value is -0.570. The Bertz CT molecular complexity index is 408. The number of piperidine rings is 1. The van der Waals surface area contributed by atoms with E-state index < -0.39 is 0 Å². The van der Waals surface area contributed by atoms with Gasteiger partial charge in [-0.05, 0) is 67.9 Å². The van der Waals surface area contributed by atoms with Gasteiger partial charge in [0.15, 0.2) is 0 Å². The van der Waals surface area contributed by atoms with E-state index >= 15 is 0 Å². The van der Waals surface area contributed by atoms with Gasteiger partial charge in [0.1, 0.15) is 0 Å². The lowest BCUT2D eigenvalue weighted by molar-refractivity contribution is 0.126. The van der Waals surface area contributed by atoms with Gasteiger partial charge < -0.3 is 10.0 Å². The fourth-order valence-corrected chi connectivity index (χ4v) is 3.00. The van der Waals surface area contributed by atoms with Crippen LogP contribution in [0.25, 0.3) is 0 Å². The van der Waals surface area contributed by atoms with Crippen molar-refractivity contribution in [3.63, 3.8) is 0 Å². The second kappa shape index (κ2) is 6.93. The first kappa shape index (κ1) is 15.8. The first-order valence-corrected chi connectivity index (χ1v) is 7.98. The first-order chi connectivity index (χ1) is 9.51. The summed E-state index contributed by atoms with van der Waals surface area (Å²) >= 11 is 5.96. The van der Waals surface area contributed by atoms with E-state index in [-0.39, 0.29) is 5.41 Å². The molecule has 0 unspecified atom stereocenters. The molecule has 1 N–H and O–H groups in total. The zero-order valence-electron chi connectivity index (χ0n) is 12.6. The predicted molar refractivity (Wildman–Crippen MR) is 85.3 cm³/mol. The van der Waals surface area contributed by atoms with Gasteiger partial charge in [-0.15, -0.1) is 0 Å². The predicted octanol–water partition coefficient (Wildman–Crippen LogP) is 3.71. The van der Waals surface area contributed by atoms with Crippen LogP contribution in [0.1, 0.15) is 38.7 Å². The smallest absolute Gasteiger partial charge is 0.0460 e. The van der Waals surface area contributed by atoms with Crippen molar-refractivity contribution < 1.29 is 5.11 Å². The average Bonchev–Trinajstić information content (AvgIpc) is 2.46. The van der Waals surface area contributed by atoms with E-state index in [0.29, 0.717) is 12.5 Å². The molecule has 0 spiro atoms. The summed E-state index contributed by atoms with van der Waals surface area (Å²) in [6.07, 6.45) is 3.42. The number of benzene rings is 1. The van der Waals surface area contributed by atoms with E-state index in [1.807, 2.05) is 12.1 Å². The Morgan fingerprint density at radius 3 is 2.35 bits per heavy atom. The van der Waals surface area contributed by atoms with Gasteiger partial charge in [0, 0.05) is 11.6 Å². The highest BCUT2D eigenvalue weighted by molar-refractivity contribution is 6.30. The van der Waals surface area contributed by atoms with Crippen LogP contribution < -0.4 is 0 Å². The molecule has 112 valence electrons. The van der Waals surface area contributed by atoms with Crippen LogP contribution in [-0.4, -0.2) is 36.2 Å². The molecule has 1 saturated heterocycles. The van der Waals surface area contributed by atoms with E-state index in [1.54, 1.807) is 0 Å². The van der Waals surface area contributed by atoms with E-state index in [2.05, 4.69) is 30.9 Å². The van der Waals surface area contributed by atoms with Crippen LogP contribution in [-0.2, 0) is 5.41 Å². The molecule has 2 nitrogen and oxygen atoms in total. The van der Waals surface area contributed by atoms with Gasteiger partial charge in [-0.1, -0.05) is 37.6 Å². The third kappa shape index (κ3) is 4.21. The van der Waals surface area contributed by atoms with Crippen LogP contribution >= 0.6 is 11.6 Å². The maximum absolute atomic E-state index is 9.18. The third-order valence-electron chi connectivity index (χ3n) is 4.64. The van der Waals surface area contributed by atoms with Crippen molar-refractivity contribution in [2.75, 3.05) is 26.2 Å². The van der Waals surface area contributed by atoms with Gasteiger partial charge in [0.2, 0.25) is 0 Å². The zero-order chi connectivity index (χ0) is 14.6. The quantitative estimate of drug-likeness (QED) is 0.895. The molecular formula is C17H26ClNO. The molecule has 1 aromatic rings. The van der Waals surface area contributed by atoms with Gasteiger partial charge in [-0.3, -0.25) is 0 Å². The Labute approximate surface area is 127 Å². The summed E-state index contributed by atoms with van der Waals surface area (Å²) in [5, 5.41) is 9.98. The maximum atomic E-state index is 9.18. The number of likely N-dealkylation sites (tertiary alicyclic amines) is 1. The second-order valence-electron chi connectivity index (χ2n) is 6.61. The largest absolute Gasteiger partial charge is 0.396 e. The van der Waals surface area contributed by atoms with Crippen molar-refractivity contribution in [3.8, 4) is 0 Å². The number of nitrogens with zero attached hydrogens (tertiary/aromatic N) is 1. The highest BCUT2D eigenvalue weighted by Crippen LogP contribution is 2.29. The maximum Gasteiger partial charge on any atom is 0.0460 e. The minimum absolute atomic E-state index is 0.179. The summed E-state index contributed by atoms with van der Waals surface area (Å²) in [5.74, 6) is 0.524. The summed E-state index contributed by atoms with van der Waals surface area (Å²) in [6.45, 7) is 8.34. The summed E-state index contributed by atoms with van der Waals surface area (Å²) in [4.78, 5) is 2.53. The van der Waals surface area contributed by atoms with Crippen LogP contribution in [0, 0.1) is 5.92 Å². The molecule has 1 heterocycles. The normalized spacial score (nSPS) is 18.4. The molecule has 0 saturated carbocycles. The monoisotopic (exact) mass is 295 g/mol. The molecule has 1 aliphatic rings. The fraction of sp³-hybridized carbons (Fsp3) is 0.647. The summed E-state index contributed by atoms with van der Waals surface area (Å²) < 4.78 is 0. The number of rotatable bonds is 5. The molecule has 0 bridgehead atoms. The molecule has 0 radical (unpaired) electrons. The topological polar surface area (TPSA) is 23.5 Å². The average molecular weight is 296 g/mol. The molecule has 1 aromatic carbocycles. The highest BCUT2D eigenvalue weighted by Gasteiger charge is 2.24. The lowest BCUT2D eigenvalue weighted by Gasteiger charge is -2.34. The van der Waals surface area contributed by atoms with E-state index in [1.165, 1.54) is 5.56 Å². The zero-order valence-corrected chi connectivity index (χ0v) is 13.4. The first-order valence-electron chi connectivity index (χ1n) is 7.60. The highest BCUT2D eigenvalue weighted by atomic mass is 35.5. The number of hydrogen-bond donors (Lipinski definition) is 1. The Morgan fingerprint density at radius 1 is 1.20 bits per heavy atom. The minimum Gasteiger partial charge on any atom is -0.396 e. The molecule has 2 rings (SSSR count). The van der Waals surface area contributed by atoms with Gasteiger partial charge >= 0.3 is 0 Å². The van der Waals surface area contributed by atoms with E-state index in [4.69, 9.17) is 11.6 Å². The second-order valence-corrected chi connectivity index (χ2v) is 7.04. The molecule has 20 heavy (non-hydrogen) atoms. The molecule has 3 heteroatoms. The van der Waals surface area contributed by atoms with E-state index in [9.17, 15) is 5.11 Å². The molecule has 0 aliphatic carbocycles. The van der Waals surface area contributed by atoms with Gasteiger partial charge in [-0.2, -0.15) is 0 Å². The molecular weight excluding hydrogens is 270 g/mol. The lowest BCUT2D eigenvalue weighted by Crippen LogP contribution is -2.37. The van der Waals surface area contributed by atoms with Crippen molar-refractivity contribution in [2.24, 2.45) is 5.92 Å². The fourth-order valence-electron chi connectivity index (χ4n) is 2.88.